The second-order valence-corrected chi connectivity index (χ2v) is 4.90. The first-order valence-electron chi connectivity index (χ1n) is 6.00. The fourth-order valence-electron chi connectivity index (χ4n) is 1.80. The summed E-state index contributed by atoms with van der Waals surface area (Å²) in [5.41, 5.74) is -0.643. The smallest absolute Gasteiger partial charge is 0.874 e. The van der Waals surface area contributed by atoms with Gasteiger partial charge in [0.25, 0.3) is 5.79 Å². The number of rotatable bonds is 2. The molecule has 0 aromatic heterocycles. The topological polar surface area (TPSA) is 75.7 Å². The molecule has 0 amide bonds. The number of ether oxygens (including phenoxy) is 2. The Morgan fingerprint density at radius 2 is 1.68 bits per heavy atom. The Labute approximate surface area is 147 Å². The molecule has 0 N–H and O–H groups in total. The molecule has 1 aromatic carbocycles. The Morgan fingerprint density at radius 3 is 2.18 bits per heavy atom. The number of benzene rings is 1. The van der Waals surface area contributed by atoms with Crippen LogP contribution in [0, 0.1) is 11.6 Å². The van der Waals surface area contributed by atoms with E-state index in [1.165, 1.54) is 19.9 Å². The molecule has 0 unspecified atom stereocenters. The molecule has 0 radical (unpaired) electrons. The number of carbonyl (C=O) groups is 2. The maximum atomic E-state index is 13.1. The van der Waals surface area contributed by atoms with Crippen LogP contribution >= 0.6 is 0 Å². The van der Waals surface area contributed by atoms with Crippen LogP contribution in [0.1, 0.15) is 19.4 Å². The number of carbonyl (C=O) groups excluding carboxylic acids is 2. The fourth-order valence-corrected chi connectivity index (χ4v) is 1.80. The Kier molecular flexibility index (Phi) is 5.72. The van der Waals surface area contributed by atoms with Gasteiger partial charge in [-0.25, -0.2) is 18.4 Å². The molecule has 0 spiro atoms. The van der Waals surface area contributed by atoms with Crippen molar-refractivity contribution < 1.29 is 62.5 Å². The van der Waals surface area contributed by atoms with Crippen LogP contribution in [0.15, 0.2) is 29.5 Å². The zero-order valence-electron chi connectivity index (χ0n) is 12.2. The largest absolute Gasteiger partial charge is 1.00 e. The number of esters is 2. The minimum atomic E-state index is -1.44. The van der Waals surface area contributed by atoms with Gasteiger partial charge in [-0.15, -0.1) is 5.76 Å². The number of cyclic esters (lactones) is 2. The number of allylic oxidation sites excluding steroid dienone is 1. The summed E-state index contributed by atoms with van der Waals surface area (Å²) in [6.45, 7) is 2.69. The number of halogens is 2. The van der Waals surface area contributed by atoms with E-state index in [2.05, 4.69) is 0 Å². The Hall–Kier alpha value is -1.44. The van der Waals surface area contributed by atoms with Gasteiger partial charge in [0.05, 0.1) is 0 Å². The van der Waals surface area contributed by atoms with E-state index in [-0.39, 0.29) is 35.1 Å². The van der Waals surface area contributed by atoms with Crippen LogP contribution in [-0.4, -0.2) is 17.7 Å². The summed E-state index contributed by atoms with van der Waals surface area (Å²) >= 11 is 0. The van der Waals surface area contributed by atoms with Crippen molar-refractivity contribution >= 4 is 11.9 Å². The average Bonchev–Trinajstić information content (AvgIpc) is 2.31. The third-order valence-electron chi connectivity index (χ3n) is 2.71. The van der Waals surface area contributed by atoms with E-state index in [9.17, 15) is 23.5 Å². The van der Waals surface area contributed by atoms with Gasteiger partial charge in [-0.1, -0.05) is 6.07 Å². The third kappa shape index (κ3) is 4.06. The maximum absolute atomic E-state index is 13.1. The van der Waals surface area contributed by atoms with Gasteiger partial charge in [0, 0.05) is 13.8 Å². The fraction of sp³-hybridized carbons (Fsp3) is 0.286. The summed E-state index contributed by atoms with van der Waals surface area (Å²) in [6, 6.07) is 2.85. The van der Waals surface area contributed by atoms with E-state index < -0.39 is 47.1 Å². The van der Waals surface area contributed by atoms with Gasteiger partial charge < -0.3 is 14.6 Å². The van der Waals surface area contributed by atoms with Crippen LogP contribution in [0.5, 0.6) is 0 Å². The summed E-state index contributed by atoms with van der Waals surface area (Å²) in [5, 5.41) is 11.9. The molecule has 1 aliphatic rings. The van der Waals surface area contributed by atoms with Crippen LogP contribution in [0.2, 0.25) is 0 Å². The number of hydrogen-bond donors (Lipinski definition) is 0. The Morgan fingerprint density at radius 1 is 1.14 bits per heavy atom. The van der Waals surface area contributed by atoms with Gasteiger partial charge in [0.2, 0.25) is 0 Å². The van der Waals surface area contributed by atoms with Gasteiger partial charge in [0.15, 0.2) is 11.6 Å². The van der Waals surface area contributed by atoms with E-state index in [4.69, 9.17) is 9.47 Å². The second-order valence-electron chi connectivity index (χ2n) is 4.90. The van der Waals surface area contributed by atoms with Gasteiger partial charge in [-0.3, -0.25) is 0 Å². The van der Waals surface area contributed by atoms with Gasteiger partial charge in [-0.05, 0) is 24.1 Å². The van der Waals surface area contributed by atoms with Crippen molar-refractivity contribution in [2.75, 3.05) is 0 Å². The summed E-state index contributed by atoms with van der Waals surface area (Å²) in [4.78, 5) is 23.3. The second kappa shape index (κ2) is 6.76. The molecule has 8 heteroatoms. The van der Waals surface area contributed by atoms with Gasteiger partial charge in [0.1, 0.15) is 5.57 Å². The van der Waals surface area contributed by atoms with Crippen molar-refractivity contribution in [3.8, 4) is 0 Å². The zero-order valence-corrected chi connectivity index (χ0v) is 14.2. The van der Waals surface area contributed by atoms with E-state index in [0.29, 0.717) is 0 Å². The van der Waals surface area contributed by atoms with Crippen molar-refractivity contribution in [3.63, 3.8) is 0 Å². The molecule has 2 rings (SSSR count). The molecule has 1 heterocycles. The average molecular weight is 320 g/mol. The summed E-state index contributed by atoms with van der Waals surface area (Å²) in [6.07, 6.45) is -0.447. The van der Waals surface area contributed by atoms with Crippen molar-refractivity contribution in [3.05, 3.63) is 46.7 Å². The molecular weight excluding hydrogens is 309 g/mol. The minimum absolute atomic E-state index is 0. The Balaban J connectivity index is 0.00000242. The van der Waals surface area contributed by atoms with Crippen LogP contribution in [0.4, 0.5) is 8.78 Å². The standard InChI is InChI=1S/C14H12F2O5.Na/c1-14(2)20-12(18)11(13(19)21-14)10(17)6-7-3-4-8(15)9(16)5-7;/h3-5,17H,6H2,1-2H3;/q;+1/p-1. The normalized spacial score (nSPS) is 16.5. The van der Waals surface area contributed by atoms with Crippen LogP contribution in [0.25, 0.3) is 0 Å². The molecule has 0 atom stereocenters. The van der Waals surface area contributed by atoms with Crippen LogP contribution in [0.3, 0.4) is 0 Å². The van der Waals surface area contributed by atoms with E-state index in [1.807, 2.05) is 0 Å². The first-order valence-corrected chi connectivity index (χ1v) is 6.00. The molecule has 1 saturated heterocycles. The molecular formula is C14H11F2NaO5. The summed E-state index contributed by atoms with van der Waals surface area (Å²) < 4.78 is 35.4. The van der Waals surface area contributed by atoms with E-state index >= 15 is 0 Å². The first-order chi connectivity index (χ1) is 9.69. The molecule has 5 nitrogen and oxygen atoms in total. The first kappa shape index (κ1) is 18.6. The number of hydrogen-bond acceptors (Lipinski definition) is 5. The molecule has 0 aliphatic carbocycles. The molecule has 0 saturated carbocycles. The summed E-state index contributed by atoms with van der Waals surface area (Å²) in [7, 11) is 0. The monoisotopic (exact) mass is 320 g/mol. The van der Waals surface area contributed by atoms with E-state index in [1.54, 1.807) is 0 Å². The minimum Gasteiger partial charge on any atom is -0.874 e. The molecule has 0 bridgehead atoms. The SMILES string of the molecule is CC1(C)OC(=O)C(=C([O-])Cc2ccc(F)c(F)c2)C(=O)O1.[Na+]. The van der Waals surface area contributed by atoms with Crippen molar-refractivity contribution in [1.82, 2.24) is 0 Å². The van der Waals surface area contributed by atoms with Crippen molar-refractivity contribution in [1.29, 1.82) is 0 Å². The maximum Gasteiger partial charge on any atom is 1.00 e. The van der Waals surface area contributed by atoms with Gasteiger partial charge >= 0.3 is 41.5 Å². The molecule has 1 fully saturated rings. The van der Waals surface area contributed by atoms with Crippen molar-refractivity contribution in [2.24, 2.45) is 0 Å². The predicted molar refractivity (Wildman–Crippen MR) is 63.4 cm³/mol. The third-order valence-corrected chi connectivity index (χ3v) is 2.71. The molecule has 112 valence electrons. The summed E-state index contributed by atoms with van der Waals surface area (Å²) in [5.74, 6) is -6.70. The Bertz CT molecular complexity index is 633. The molecule has 22 heavy (non-hydrogen) atoms. The van der Waals surface area contributed by atoms with E-state index in [0.717, 1.165) is 12.1 Å². The zero-order chi connectivity index (χ0) is 15.8. The van der Waals surface area contributed by atoms with Gasteiger partial charge in [-0.2, -0.15) is 0 Å². The quantitative estimate of drug-likeness (QED) is 0.206. The molecule has 1 aromatic rings. The van der Waals surface area contributed by atoms with Crippen molar-refractivity contribution in [2.45, 2.75) is 26.1 Å². The predicted octanol–water partition coefficient (Wildman–Crippen LogP) is -2.04. The molecule has 1 aliphatic heterocycles. The van der Waals surface area contributed by atoms with Crippen LogP contribution in [-0.2, 0) is 25.5 Å². The van der Waals surface area contributed by atoms with Crippen LogP contribution < -0.4 is 34.7 Å².